The molecule has 6 heteroatoms. The van der Waals surface area contributed by atoms with Crippen LogP contribution in [-0.4, -0.2) is 54.0 Å². The van der Waals surface area contributed by atoms with Gasteiger partial charge in [-0.1, -0.05) is 6.07 Å². The fraction of sp³-hybridized carbons (Fsp3) is 0.579. The van der Waals surface area contributed by atoms with Crippen LogP contribution in [-0.2, 0) is 11.2 Å². The average molecular weight is 343 g/mol. The largest absolute Gasteiger partial charge is 0.493 e. The van der Waals surface area contributed by atoms with E-state index in [0.29, 0.717) is 25.6 Å². The number of nitrogens with one attached hydrogen (secondary N) is 1. The van der Waals surface area contributed by atoms with Crippen molar-refractivity contribution >= 4 is 17.6 Å². The Morgan fingerprint density at radius 1 is 1.12 bits per heavy atom. The minimum Gasteiger partial charge on any atom is -0.493 e. The Morgan fingerprint density at radius 3 is 2.88 bits per heavy atom. The van der Waals surface area contributed by atoms with Gasteiger partial charge in [0.25, 0.3) is 0 Å². The van der Waals surface area contributed by atoms with Crippen LogP contribution in [0.2, 0.25) is 0 Å². The number of likely N-dealkylation sites (tertiary alicyclic amines) is 2. The maximum Gasteiger partial charge on any atom is 0.321 e. The van der Waals surface area contributed by atoms with E-state index in [1.165, 1.54) is 0 Å². The molecule has 4 rings (SSSR count). The van der Waals surface area contributed by atoms with Crippen LogP contribution < -0.4 is 10.1 Å². The van der Waals surface area contributed by atoms with E-state index >= 15 is 0 Å². The molecule has 3 amide bonds. The Kier molecular flexibility index (Phi) is 4.51. The Bertz CT molecular complexity index is 676. The number of ether oxygens (including phenoxy) is 1. The molecular formula is C19H25N3O3. The van der Waals surface area contributed by atoms with E-state index in [1.54, 1.807) is 0 Å². The molecule has 0 saturated carbocycles. The first kappa shape index (κ1) is 16.2. The molecule has 1 unspecified atom stereocenters. The van der Waals surface area contributed by atoms with E-state index in [1.807, 2.05) is 28.0 Å². The molecule has 3 heterocycles. The van der Waals surface area contributed by atoms with Crippen LogP contribution in [0.1, 0.15) is 37.7 Å². The molecule has 6 nitrogen and oxygen atoms in total. The topological polar surface area (TPSA) is 61.9 Å². The van der Waals surface area contributed by atoms with Crippen molar-refractivity contribution in [3.8, 4) is 5.75 Å². The average Bonchev–Trinajstić information content (AvgIpc) is 3.18. The van der Waals surface area contributed by atoms with E-state index in [-0.39, 0.29) is 11.9 Å². The molecular weight excluding hydrogens is 318 g/mol. The Morgan fingerprint density at radius 2 is 2.04 bits per heavy atom. The van der Waals surface area contributed by atoms with E-state index in [4.69, 9.17) is 4.74 Å². The van der Waals surface area contributed by atoms with Crippen molar-refractivity contribution in [1.29, 1.82) is 0 Å². The van der Waals surface area contributed by atoms with Crippen molar-refractivity contribution in [3.63, 3.8) is 0 Å². The van der Waals surface area contributed by atoms with Gasteiger partial charge in [-0.05, 0) is 37.8 Å². The van der Waals surface area contributed by atoms with Crippen LogP contribution in [0.15, 0.2) is 18.2 Å². The number of carbonyl (C=O) groups excluding carboxylic acids is 2. The third-order valence-electron chi connectivity index (χ3n) is 5.52. The molecule has 3 aliphatic rings. The molecule has 134 valence electrons. The van der Waals surface area contributed by atoms with Gasteiger partial charge < -0.3 is 19.9 Å². The highest BCUT2D eigenvalue weighted by Gasteiger charge is 2.30. The van der Waals surface area contributed by atoms with Crippen LogP contribution >= 0.6 is 0 Å². The molecule has 2 saturated heterocycles. The zero-order valence-corrected chi connectivity index (χ0v) is 14.5. The summed E-state index contributed by atoms with van der Waals surface area (Å²) in [4.78, 5) is 28.6. The molecule has 1 atom stereocenters. The standard InChI is InChI=1S/C19H25N3O3/c23-18-7-3-11-22(18)14-4-2-10-21(12-8-14)19(24)20-16-5-1-6-17-15(16)9-13-25-17/h1,5-6,14H,2-4,7-13H2,(H,20,24). The summed E-state index contributed by atoms with van der Waals surface area (Å²) in [5.74, 6) is 1.16. The maximum absolute atomic E-state index is 12.7. The van der Waals surface area contributed by atoms with Crippen LogP contribution in [0.25, 0.3) is 0 Å². The van der Waals surface area contributed by atoms with Gasteiger partial charge in [0.05, 0.1) is 6.61 Å². The Balaban J connectivity index is 1.38. The van der Waals surface area contributed by atoms with Crippen molar-refractivity contribution in [2.45, 2.75) is 44.6 Å². The third-order valence-corrected chi connectivity index (χ3v) is 5.52. The summed E-state index contributed by atoms with van der Waals surface area (Å²) in [7, 11) is 0. The number of urea groups is 1. The first-order valence-electron chi connectivity index (χ1n) is 9.32. The Hall–Kier alpha value is -2.24. The first-order valence-corrected chi connectivity index (χ1v) is 9.32. The van der Waals surface area contributed by atoms with Crippen LogP contribution in [0, 0.1) is 0 Å². The van der Waals surface area contributed by atoms with Gasteiger partial charge >= 0.3 is 6.03 Å². The second-order valence-corrected chi connectivity index (χ2v) is 7.07. The zero-order valence-electron chi connectivity index (χ0n) is 14.5. The fourth-order valence-electron chi connectivity index (χ4n) is 4.18. The predicted molar refractivity (Wildman–Crippen MR) is 94.8 cm³/mol. The van der Waals surface area contributed by atoms with Crippen LogP contribution in [0.4, 0.5) is 10.5 Å². The van der Waals surface area contributed by atoms with E-state index in [9.17, 15) is 9.59 Å². The molecule has 2 fully saturated rings. The Labute approximate surface area is 148 Å². The van der Waals surface area contributed by atoms with Crippen molar-refractivity contribution < 1.29 is 14.3 Å². The van der Waals surface area contributed by atoms with E-state index in [0.717, 1.165) is 62.2 Å². The molecule has 1 aromatic carbocycles. The van der Waals surface area contributed by atoms with Crippen molar-refractivity contribution in [2.75, 3.05) is 31.6 Å². The number of hydrogen-bond donors (Lipinski definition) is 1. The van der Waals surface area contributed by atoms with Gasteiger partial charge in [0.15, 0.2) is 0 Å². The molecule has 25 heavy (non-hydrogen) atoms. The number of fused-ring (bicyclic) bond motifs is 1. The molecule has 0 radical (unpaired) electrons. The van der Waals surface area contributed by atoms with Gasteiger partial charge in [-0.15, -0.1) is 0 Å². The highest BCUT2D eigenvalue weighted by atomic mass is 16.5. The fourth-order valence-corrected chi connectivity index (χ4v) is 4.18. The number of nitrogens with zero attached hydrogens (tertiary/aromatic N) is 2. The lowest BCUT2D eigenvalue weighted by Crippen LogP contribution is -2.39. The van der Waals surface area contributed by atoms with Crippen LogP contribution in [0.5, 0.6) is 5.75 Å². The van der Waals surface area contributed by atoms with Gasteiger partial charge in [-0.25, -0.2) is 4.79 Å². The van der Waals surface area contributed by atoms with E-state index in [2.05, 4.69) is 5.32 Å². The summed E-state index contributed by atoms with van der Waals surface area (Å²) in [5.41, 5.74) is 1.95. The first-order chi connectivity index (χ1) is 12.2. The van der Waals surface area contributed by atoms with Gasteiger partial charge in [0.2, 0.25) is 5.91 Å². The minimum atomic E-state index is -0.0475. The summed E-state index contributed by atoms with van der Waals surface area (Å²) in [6, 6.07) is 6.05. The lowest BCUT2D eigenvalue weighted by Gasteiger charge is -2.27. The van der Waals surface area contributed by atoms with Gasteiger partial charge in [0.1, 0.15) is 5.75 Å². The maximum atomic E-state index is 12.7. The number of rotatable bonds is 2. The van der Waals surface area contributed by atoms with Gasteiger partial charge in [0, 0.05) is 49.8 Å². The van der Waals surface area contributed by atoms with Crippen LogP contribution in [0.3, 0.4) is 0 Å². The normalized spacial score (nSPS) is 23.2. The molecule has 1 N–H and O–H groups in total. The molecule has 1 aromatic rings. The molecule has 0 aromatic heterocycles. The van der Waals surface area contributed by atoms with Gasteiger partial charge in [-0.3, -0.25) is 4.79 Å². The third kappa shape index (κ3) is 3.30. The van der Waals surface area contributed by atoms with Crippen molar-refractivity contribution in [3.05, 3.63) is 23.8 Å². The lowest BCUT2D eigenvalue weighted by atomic mass is 10.1. The molecule has 0 aliphatic carbocycles. The summed E-state index contributed by atoms with van der Waals surface area (Å²) < 4.78 is 5.56. The summed E-state index contributed by atoms with van der Waals surface area (Å²) in [5, 5.41) is 3.06. The quantitative estimate of drug-likeness (QED) is 0.898. The lowest BCUT2D eigenvalue weighted by molar-refractivity contribution is -0.129. The predicted octanol–water partition coefficient (Wildman–Crippen LogP) is 2.63. The summed E-state index contributed by atoms with van der Waals surface area (Å²) in [6.07, 6.45) is 5.30. The monoisotopic (exact) mass is 343 g/mol. The number of carbonyl (C=O) groups is 2. The number of hydrogen-bond acceptors (Lipinski definition) is 3. The number of benzene rings is 1. The molecule has 0 spiro atoms. The van der Waals surface area contributed by atoms with Crippen molar-refractivity contribution in [1.82, 2.24) is 9.80 Å². The highest BCUT2D eigenvalue weighted by molar-refractivity contribution is 5.90. The zero-order chi connectivity index (χ0) is 17.2. The smallest absolute Gasteiger partial charge is 0.321 e. The minimum absolute atomic E-state index is 0.0475. The SMILES string of the molecule is O=C(Nc1cccc2c1CCO2)N1CCCC(N2CCCC2=O)CC1. The summed E-state index contributed by atoms with van der Waals surface area (Å²) in [6.45, 7) is 3.00. The molecule has 0 bridgehead atoms. The van der Waals surface area contributed by atoms with Crippen molar-refractivity contribution in [2.24, 2.45) is 0 Å². The number of anilines is 1. The highest BCUT2D eigenvalue weighted by Crippen LogP contribution is 2.32. The van der Waals surface area contributed by atoms with Gasteiger partial charge in [-0.2, -0.15) is 0 Å². The summed E-state index contributed by atoms with van der Waals surface area (Å²) >= 11 is 0. The second kappa shape index (κ2) is 6.94. The van der Waals surface area contributed by atoms with E-state index < -0.39 is 0 Å². The number of amides is 3. The second-order valence-electron chi connectivity index (χ2n) is 7.07. The molecule has 3 aliphatic heterocycles.